The van der Waals surface area contributed by atoms with Crippen molar-refractivity contribution >= 4 is 5.96 Å². The molecule has 0 bridgehead atoms. The van der Waals surface area contributed by atoms with Gasteiger partial charge < -0.3 is 15.1 Å². The van der Waals surface area contributed by atoms with E-state index in [1.165, 1.54) is 6.07 Å². The largest absolute Gasteiger partial charge is 0.352 e. The van der Waals surface area contributed by atoms with Gasteiger partial charge in [0.05, 0.1) is 11.6 Å². The van der Waals surface area contributed by atoms with Gasteiger partial charge in [-0.2, -0.15) is 5.26 Å². The van der Waals surface area contributed by atoms with E-state index in [1.807, 2.05) is 6.07 Å². The molecular weight excluding hydrogens is 317 g/mol. The molecule has 1 aromatic carbocycles. The van der Waals surface area contributed by atoms with Crippen LogP contribution >= 0.6 is 0 Å². The van der Waals surface area contributed by atoms with Crippen LogP contribution in [0.15, 0.2) is 23.2 Å². The van der Waals surface area contributed by atoms with E-state index >= 15 is 0 Å². The molecule has 0 aromatic heterocycles. The van der Waals surface area contributed by atoms with Crippen LogP contribution < -0.4 is 5.32 Å². The molecule has 5 nitrogen and oxygen atoms in total. The van der Waals surface area contributed by atoms with Crippen LogP contribution in [-0.2, 0) is 6.54 Å². The fourth-order valence-corrected chi connectivity index (χ4v) is 3.29. The normalized spacial score (nSPS) is 17.8. The first-order chi connectivity index (χ1) is 12.1. The molecule has 0 spiro atoms. The van der Waals surface area contributed by atoms with Gasteiger partial charge in [-0.3, -0.25) is 4.99 Å². The van der Waals surface area contributed by atoms with Crippen molar-refractivity contribution in [3.63, 3.8) is 0 Å². The predicted octanol–water partition coefficient (Wildman–Crippen LogP) is 2.44. The number of halogens is 1. The van der Waals surface area contributed by atoms with Crippen LogP contribution in [-0.4, -0.2) is 55.5 Å². The molecule has 1 aromatic rings. The number of likely N-dealkylation sites (tertiary alicyclic amines) is 1. The standard InChI is InChI=1S/C19H28FN5/c1-4-24(5-2)13-16-8-9-25(14-16)19(22-3)23-12-17-7-6-15(11-21)10-18(17)20/h6-7,10,16H,4-5,8-9,12-14H2,1-3H3,(H,22,23). The van der Waals surface area contributed by atoms with Crippen molar-refractivity contribution in [3.8, 4) is 6.07 Å². The van der Waals surface area contributed by atoms with E-state index in [0.717, 1.165) is 45.1 Å². The van der Waals surface area contributed by atoms with Crippen LogP contribution in [0.1, 0.15) is 31.4 Å². The van der Waals surface area contributed by atoms with Gasteiger partial charge in [-0.15, -0.1) is 0 Å². The van der Waals surface area contributed by atoms with E-state index in [0.29, 0.717) is 23.6 Å². The molecule has 0 saturated carbocycles. The maximum atomic E-state index is 14.0. The minimum Gasteiger partial charge on any atom is -0.352 e. The fraction of sp³-hybridized carbons (Fsp3) is 0.579. The van der Waals surface area contributed by atoms with E-state index in [4.69, 9.17) is 5.26 Å². The monoisotopic (exact) mass is 345 g/mol. The summed E-state index contributed by atoms with van der Waals surface area (Å²) in [5.74, 6) is 1.10. The Labute approximate surface area is 150 Å². The summed E-state index contributed by atoms with van der Waals surface area (Å²) in [5, 5.41) is 12.1. The lowest BCUT2D eigenvalue weighted by Gasteiger charge is -2.24. The molecule has 1 unspecified atom stereocenters. The number of nitrogens with zero attached hydrogens (tertiary/aromatic N) is 4. The molecule has 1 saturated heterocycles. The average Bonchev–Trinajstić information content (AvgIpc) is 3.09. The zero-order valence-corrected chi connectivity index (χ0v) is 15.4. The third-order valence-corrected chi connectivity index (χ3v) is 4.83. The van der Waals surface area contributed by atoms with Crippen molar-refractivity contribution < 1.29 is 4.39 Å². The lowest BCUT2D eigenvalue weighted by atomic mass is 10.1. The van der Waals surface area contributed by atoms with Gasteiger partial charge in [-0.05, 0) is 37.6 Å². The molecule has 25 heavy (non-hydrogen) atoms. The zero-order chi connectivity index (χ0) is 18.2. The minimum absolute atomic E-state index is 0.337. The van der Waals surface area contributed by atoms with Gasteiger partial charge in [0, 0.05) is 38.8 Å². The highest BCUT2D eigenvalue weighted by Crippen LogP contribution is 2.18. The number of benzene rings is 1. The highest BCUT2D eigenvalue weighted by molar-refractivity contribution is 5.80. The van der Waals surface area contributed by atoms with Gasteiger partial charge in [0.2, 0.25) is 0 Å². The Morgan fingerprint density at radius 2 is 2.20 bits per heavy atom. The Bertz CT molecular complexity index is 633. The Hall–Kier alpha value is -2.13. The molecule has 0 amide bonds. The van der Waals surface area contributed by atoms with Gasteiger partial charge in [-0.25, -0.2) is 4.39 Å². The third kappa shape index (κ3) is 5.17. The Balaban J connectivity index is 1.90. The highest BCUT2D eigenvalue weighted by atomic mass is 19.1. The second-order valence-electron chi connectivity index (χ2n) is 6.41. The first-order valence-corrected chi connectivity index (χ1v) is 8.97. The minimum atomic E-state index is -0.358. The molecule has 1 N–H and O–H groups in total. The van der Waals surface area contributed by atoms with Crippen molar-refractivity contribution in [1.82, 2.24) is 15.1 Å². The summed E-state index contributed by atoms with van der Waals surface area (Å²) in [6, 6.07) is 6.51. The van der Waals surface area contributed by atoms with Crippen molar-refractivity contribution in [1.29, 1.82) is 5.26 Å². The maximum Gasteiger partial charge on any atom is 0.193 e. The molecule has 6 heteroatoms. The van der Waals surface area contributed by atoms with Gasteiger partial charge in [0.15, 0.2) is 5.96 Å². The topological polar surface area (TPSA) is 54.7 Å². The van der Waals surface area contributed by atoms with Crippen LogP contribution in [0.2, 0.25) is 0 Å². The number of nitrogens with one attached hydrogen (secondary N) is 1. The van der Waals surface area contributed by atoms with Crippen molar-refractivity contribution in [3.05, 3.63) is 35.1 Å². The summed E-state index contributed by atoms with van der Waals surface area (Å²) < 4.78 is 14.0. The summed E-state index contributed by atoms with van der Waals surface area (Å²) in [6.07, 6.45) is 1.16. The SMILES string of the molecule is CCN(CC)CC1CCN(C(=NC)NCc2ccc(C#N)cc2F)C1. The van der Waals surface area contributed by atoms with Crippen LogP contribution in [0.5, 0.6) is 0 Å². The average molecular weight is 345 g/mol. The maximum absolute atomic E-state index is 14.0. The molecule has 1 heterocycles. The van der Waals surface area contributed by atoms with Gasteiger partial charge >= 0.3 is 0 Å². The molecule has 0 radical (unpaired) electrons. The molecule has 1 aliphatic rings. The van der Waals surface area contributed by atoms with E-state index in [2.05, 4.69) is 34.0 Å². The summed E-state index contributed by atoms with van der Waals surface area (Å²) >= 11 is 0. The van der Waals surface area contributed by atoms with E-state index in [9.17, 15) is 4.39 Å². The van der Waals surface area contributed by atoms with Crippen LogP contribution in [0.4, 0.5) is 4.39 Å². The smallest absolute Gasteiger partial charge is 0.193 e. The number of aliphatic imine (C=N–C) groups is 1. The van der Waals surface area contributed by atoms with Crippen molar-refractivity contribution in [2.24, 2.45) is 10.9 Å². The number of hydrogen-bond acceptors (Lipinski definition) is 3. The molecule has 1 atom stereocenters. The Morgan fingerprint density at radius 1 is 1.44 bits per heavy atom. The molecule has 1 aliphatic heterocycles. The second-order valence-corrected chi connectivity index (χ2v) is 6.41. The number of hydrogen-bond donors (Lipinski definition) is 1. The Morgan fingerprint density at radius 3 is 2.80 bits per heavy atom. The number of nitriles is 1. The van der Waals surface area contributed by atoms with Crippen LogP contribution in [0, 0.1) is 23.1 Å². The van der Waals surface area contributed by atoms with Crippen molar-refractivity contribution in [2.75, 3.05) is 39.8 Å². The highest BCUT2D eigenvalue weighted by Gasteiger charge is 2.25. The zero-order valence-electron chi connectivity index (χ0n) is 15.4. The first kappa shape index (κ1) is 19.2. The summed E-state index contributed by atoms with van der Waals surface area (Å²) in [5.41, 5.74) is 0.878. The van der Waals surface area contributed by atoms with Gasteiger partial charge in [0.25, 0.3) is 0 Å². The number of guanidine groups is 1. The summed E-state index contributed by atoms with van der Waals surface area (Å²) in [6.45, 7) is 9.99. The van der Waals surface area contributed by atoms with Crippen LogP contribution in [0.25, 0.3) is 0 Å². The fourth-order valence-electron chi connectivity index (χ4n) is 3.29. The summed E-state index contributed by atoms with van der Waals surface area (Å²) in [4.78, 5) is 9.05. The first-order valence-electron chi connectivity index (χ1n) is 8.97. The van der Waals surface area contributed by atoms with Crippen molar-refractivity contribution in [2.45, 2.75) is 26.8 Å². The number of rotatable bonds is 6. The third-order valence-electron chi connectivity index (χ3n) is 4.83. The predicted molar refractivity (Wildman–Crippen MR) is 98.8 cm³/mol. The Kier molecular flexibility index (Phi) is 7.20. The van der Waals surface area contributed by atoms with Gasteiger partial charge in [0.1, 0.15) is 5.82 Å². The molecule has 2 rings (SSSR count). The van der Waals surface area contributed by atoms with Crippen LogP contribution in [0.3, 0.4) is 0 Å². The lowest BCUT2D eigenvalue weighted by molar-refractivity contribution is 0.255. The molecular formula is C19H28FN5. The van der Waals surface area contributed by atoms with E-state index in [-0.39, 0.29) is 5.82 Å². The molecule has 136 valence electrons. The van der Waals surface area contributed by atoms with E-state index < -0.39 is 0 Å². The lowest BCUT2D eigenvalue weighted by Crippen LogP contribution is -2.40. The quantitative estimate of drug-likeness (QED) is 0.636. The van der Waals surface area contributed by atoms with Gasteiger partial charge in [-0.1, -0.05) is 19.9 Å². The summed E-state index contributed by atoms with van der Waals surface area (Å²) in [7, 11) is 1.76. The molecule has 1 fully saturated rings. The second kappa shape index (κ2) is 9.38. The molecule has 0 aliphatic carbocycles. The van der Waals surface area contributed by atoms with E-state index in [1.54, 1.807) is 19.2 Å².